The van der Waals surface area contributed by atoms with Crippen LogP contribution in [0.25, 0.3) is 0 Å². The third kappa shape index (κ3) is 6.32. The molecule has 4 nitrogen and oxygen atoms in total. The maximum absolute atomic E-state index is 11.3. The van der Waals surface area contributed by atoms with Crippen LogP contribution < -0.4 is 9.47 Å². The van der Waals surface area contributed by atoms with Crippen LogP contribution in [0.4, 0.5) is 0 Å². The number of esters is 1. The first-order valence-electron chi connectivity index (χ1n) is 8.28. The Kier molecular flexibility index (Phi) is 7.15. The van der Waals surface area contributed by atoms with Gasteiger partial charge >= 0.3 is 5.97 Å². The summed E-state index contributed by atoms with van der Waals surface area (Å²) in [5.41, 5.74) is 0. The molecule has 2 aromatic rings. The molecule has 0 aliphatic rings. The standard InChI is InChI=1S/C20H24O4/c1-3-22-20(21)14-9-16(2)15-23-17-10-12-19(13-11-17)24-18-7-5-4-6-8-18/h4-8,10-13,16H,3,9,14-15H2,1-2H3. The van der Waals surface area contributed by atoms with Gasteiger partial charge in [0, 0.05) is 6.42 Å². The zero-order chi connectivity index (χ0) is 17.2. The first-order chi connectivity index (χ1) is 11.7. The fraction of sp³-hybridized carbons (Fsp3) is 0.350. The van der Waals surface area contributed by atoms with Crippen LogP contribution in [-0.4, -0.2) is 19.2 Å². The molecule has 0 heterocycles. The minimum absolute atomic E-state index is 0.147. The molecule has 0 aromatic heterocycles. The minimum atomic E-state index is -0.147. The van der Waals surface area contributed by atoms with Crippen molar-refractivity contribution in [2.24, 2.45) is 5.92 Å². The van der Waals surface area contributed by atoms with Crippen molar-refractivity contribution in [2.75, 3.05) is 13.2 Å². The molecule has 128 valence electrons. The molecule has 24 heavy (non-hydrogen) atoms. The molecule has 0 bridgehead atoms. The molecule has 2 rings (SSSR count). The molecule has 0 N–H and O–H groups in total. The van der Waals surface area contributed by atoms with Gasteiger partial charge in [0.2, 0.25) is 0 Å². The average Bonchev–Trinajstić information content (AvgIpc) is 2.60. The van der Waals surface area contributed by atoms with Gasteiger partial charge in [-0.1, -0.05) is 25.1 Å². The molecule has 0 spiro atoms. The average molecular weight is 328 g/mol. The van der Waals surface area contributed by atoms with Crippen molar-refractivity contribution >= 4 is 5.97 Å². The normalized spacial score (nSPS) is 11.6. The molecule has 0 saturated heterocycles. The van der Waals surface area contributed by atoms with Crippen LogP contribution in [0, 0.1) is 5.92 Å². The highest BCUT2D eigenvalue weighted by Crippen LogP contribution is 2.24. The van der Waals surface area contributed by atoms with E-state index in [1.165, 1.54) is 0 Å². The van der Waals surface area contributed by atoms with Crippen molar-refractivity contribution in [3.63, 3.8) is 0 Å². The molecular formula is C20H24O4. The second-order valence-electron chi connectivity index (χ2n) is 5.65. The van der Waals surface area contributed by atoms with Gasteiger partial charge in [0.15, 0.2) is 0 Å². The molecule has 0 saturated carbocycles. The van der Waals surface area contributed by atoms with E-state index in [0.29, 0.717) is 19.6 Å². The Balaban J connectivity index is 1.74. The van der Waals surface area contributed by atoms with Crippen LogP contribution in [0.3, 0.4) is 0 Å². The van der Waals surface area contributed by atoms with Crippen LogP contribution >= 0.6 is 0 Å². The second kappa shape index (κ2) is 9.60. The number of rotatable bonds is 9. The molecule has 0 radical (unpaired) electrons. The van der Waals surface area contributed by atoms with Gasteiger partial charge in [-0.05, 0) is 55.7 Å². The quantitative estimate of drug-likeness (QED) is 0.618. The summed E-state index contributed by atoms with van der Waals surface area (Å²) in [6, 6.07) is 17.2. The largest absolute Gasteiger partial charge is 0.493 e. The van der Waals surface area contributed by atoms with Crippen molar-refractivity contribution in [3.05, 3.63) is 54.6 Å². The highest BCUT2D eigenvalue weighted by Gasteiger charge is 2.08. The summed E-state index contributed by atoms with van der Waals surface area (Å²) in [7, 11) is 0. The number of hydrogen-bond acceptors (Lipinski definition) is 4. The van der Waals surface area contributed by atoms with Gasteiger partial charge in [0.25, 0.3) is 0 Å². The topological polar surface area (TPSA) is 44.8 Å². The highest BCUT2D eigenvalue weighted by molar-refractivity contribution is 5.69. The van der Waals surface area contributed by atoms with E-state index in [0.717, 1.165) is 23.7 Å². The lowest BCUT2D eigenvalue weighted by atomic mass is 10.1. The number of carbonyl (C=O) groups is 1. The number of benzene rings is 2. The summed E-state index contributed by atoms with van der Waals surface area (Å²) in [6.45, 7) is 4.88. The van der Waals surface area contributed by atoms with Crippen molar-refractivity contribution in [1.82, 2.24) is 0 Å². The summed E-state index contributed by atoms with van der Waals surface area (Å²) in [5, 5.41) is 0. The smallest absolute Gasteiger partial charge is 0.305 e. The number of hydrogen-bond donors (Lipinski definition) is 0. The lowest BCUT2D eigenvalue weighted by molar-refractivity contribution is -0.143. The molecule has 4 heteroatoms. The monoisotopic (exact) mass is 328 g/mol. The van der Waals surface area contributed by atoms with Gasteiger partial charge in [-0.15, -0.1) is 0 Å². The Labute approximate surface area is 143 Å². The summed E-state index contributed by atoms with van der Waals surface area (Å²) < 4.78 is 16.4. The van der Waals surface area contributed by atoms with E-state index in [-0.39, 0.29) is 11.9 Å². The van der Waals surface area contributed by atoms with Crippen molar-refractivity contribution in [3.8, 4) is 17.2 Å². The predicted molar refractivity (Wildman–Crippen MR) is 93.5 cm³/mol. The molecule has 0 fully saturated rings. The number of para-hydroxylation sites is 1. The minimum Gasteiger partial charge on any atom is -0.493 e. The summed E-state index contributed by atoms with van der Waals surface area (Å²) in [6.07, 6.45) is 1.19. The lowest BCUT2D eigenvalue weighted by Crippen LogP contribution is -2.12. The molecule has 2 aromatic carbocycles. The fourth-order valence-electron chi connectivity index (χ4n) is 2.15. The van der Waals surface area contributed by atoms with E-state index >= 15 is 0 Å². The fourth-order valence-corrected chi connectivity index (χ4v) is 2.15. The van der Waals surface area contributed by atoms with Crippen molar-refractivity contribution in [1.29, 1.82) is 0 Å². The highest BCUT2D eigenvalue weighted by atomic mass is 16.5. The van der Waals surface area contributed by atoms with Crippen molar-refractivity contribution < 1.29 is 19.0 Å². The summed E-state index contributed by atoms with van der Waals surface area (Å²) in [5.74, 6) is 2.50. The molecule has 1 atom stereocenters. The molecule has 1 unspecified atom stereocenters. The Bertz CT molecular complexity index is 607. The van der Waals surface area contributed by atoms with E-state index < -0.39 is 0 Å². The van der Waals surface area contributed by atoms with E-state index in [9.17, 15) is 4.79 Å². The Morgan fingerprint density at radius 1 is 0.958 bits per heavy atom. The van der Waals surface area contributed by atoms with Gasteiger partial charge < -0.3 is 14.2 Å². The van der Waals surface area contributed by atoms with E-state index in [2.05, 4.69) is 6.92 Å². The van der Waals surface area contributed by atoms with E-state index in [1.54, 1.807) is 0 Å². The van der Waals surface area contributed by atoms with Gasteiger partial charge in [-0.25, -0.2) is 0 Å². The number of ether oxygens (including phenoxy) is 3. The van der Waals surface area contributed by atoms with E-state index in [1.807, 2.05) is 61.5 Å². The van der Waals surface area contributed by atoms with Gasteiger partial charge in [0.05, 0.1) is 13.2 Å². The zero-order valence-corrected chi connectivity index (χ0v) is 14.2. The second-order valence-corrected chi connectivity index (χ2v) is 5.65. The summed E-state index contributed by atoms with van der Waals surface area (Å²) in [4.78, 5) is 11.3. The molecule has 0 aliphatic carbocycles. The molecule has 0 aliphatic heterocycles. The maximum Gasteiger partial charge on any atom is 0.305 e. The third-order valence-corrected chi connectivity index (χ3v) is 3.48. The van der Waals surface area contributed by atoms with Gasteiger partial charge in [-0.2, -0.15) is 0 Å². The molecule has 0 amide bonds. The molecular weight excluding hydrogens is 304 g/mol. The first-order valence-corrected chi connectivity index (χ1v) is 8.28. The van der Waals surface area contributed by atoms with Crippen LogP contribution in [0.1, 0.15) is 26.7 Å². The van der Waals surface area contributed by atoms with Crippen LogP contribution in [-0.2, 0) is 9.53 Å². The first kappa shape index (κ1) is 17.9. The van der Waals surface area contributed by atoms with E-state index in [4.69, 9.17) is 14.2 Å². The number of carbonyl (C=O) groups excluding carboxylic acids is 1. The SMILES string of the molecule is CCOC(=O)CCC(C)COc1ccc(Oc2ccccc2)cc1. The van der Waals surface area contributed by atoms with Crippen LogP contribution in [0.2, 0.25) is 0 Å². The Morgan fingerprint density at radius 2 is 1.58 bits per heavy atom. The lowest BCUT2D eigenvalue weighted by Gasteiger charge is -2.13. The Morgan fingerprint density at radius 3 is 2.25 bits per heavy atom. The van der Waals surface area contributed by atoms with Crippen LogP contribution in [0.15, 0.2) is 54.6 Å². The van der Waals surface area contributed by atoms with Gasteiger partial charge in [-0.3, -0.25) is 4.79 Å². The van der Waals surface area contributed by atoms with Gasteiger partial charge in [0.1, 0.15) is 17.2 Å². The maximum atomic E-state index is 11.3. The zero-order valence-electron chi connectivity index (χ0n) is 14.2. The summed E-state index contributed by atoms with van der Waals surface area (Å²) >= 11 is 0. The predicted octanol–water partition coefficient (Wildman–Crippen LogP) is 4.84. The van der Waals surface area contributed by atoms with Crippen LogP contribution in [0.5, 0.6) is 17.2 Å². The third-order valence-electron chi connectivity index (χ3n) is 3.48. The van der Waals surface area contributed by atoms with Crippen molar-refractivity contribution in [2.45, 2.75) is 26.7 Å². The Hall–Kier alpha value is -2.49.